The first-order chi connectivity index (χ1) is 18.1. The third-order valence-electron chi connectivity index (χ3n) is 7.17. The highest BCUT2D eigenvalue weighted by Crippen LogP contribution is 2.31. The molecule has 0 heterocycles. The number of carboxylic acid groups (broad SMARTS) is 1. The van der Waals surface area contributed by atoms with Gasteiger partial charge in [0.15, 0.2) is 0 Å². The van der Waals surface area contributed by atoms with Crippen molar-refractivity contribution in [3.05, 3.63) is 0 Å². The highest BCUT2D eigenvalue weighted by Gasteiger charge is 2.34. The molecule has 0 aromatic heterocycles. The van der Waals surface area contributed by atoms with E-state index in [-0.39, 0.29) is 13.0 Å². The number of rotatable bonds is 31. The molecule has 0 aromatic rings. The Labute approximate surface area is 228 Å². The molecule has 0 aromatic carbocycles. The largest absolute Gasteiger partial charge is 0.481 e. The zero-order valence-electron chi connectivity index (χ0n) is 24.5. The fourth-order valence-corrected chi connectivity index (χ4v) is 4.86. The van der Waals surface area contributed by atoms with Gasteiger partial charge in [-0.25, -0.2) is 0 Å². The van der Waals surface area contributed by atoms with Crippen LogP contribution in [-0.4, -0.2) is 50.6 Å². The summed E-state index contributed by atoms with van der Waals surface area (Å²) in [6.45, 7) is 7.65. The summed E-state index contributed by atoms with van der Waals surface area (Å²) < 4.78 is 16.7. The summed E-state index contributed by atoms with van der Waals surface area (Å²) >= 11 is 0. The minimum absolute atomic E-state index is 0.0370. The lowest BCUT2D eigenvalue weighted by atomic mass is 9.80. The molecule has 220 valence electrons. The van der Waals surface area contributed by atoms with E-state index in [1.807, 2.05) is 0 Å². The fraction of sp³-hybridized carbons (Fsp3) is 0.935. The van der Waals surface area contributed by atoms with Gasteiger partial charge in [-0.1, -0.05) is 117 Å². The van der Waals surface area contributed by atoms with E-state index in [1.165, 1.54) is 70.6 Å². The highest BCUT2D eigenvalue weighted by atomic mass is 16.5. The monoisotopic (exact) mass is 528 g/mol. The lowest BCUT2D eigenvalue weighted by Gasteiger charge is -2.31. The van der Waals surface area contributed by atoms with Crippen LogP contribution in [0.3, 0.4) is 0 Å². The number of carbonyl (C=O) groups is 2. The van der Waals surface area contributed by atoms with E-state index in [4.69, 9.17) is 14.2 Å². The molecule has 0 aliphatic carbocycles. The first kappa shape index (κ1) is 35.9. The molecule has 6 nitrogen and oxygen atoms in total. The van der Waals surface area contributed by atoms with Crippen LogP contribution >= 0.6 is 0 Å². The molecule has 0 radical (unpaired) electrons. The van der Waals surface area contributed by atoms with Gasteiger partial charge >= 0.3 is 5.97 Å². The van der Waals surface area contributed by atoms with Crippen LogP contribution in [0.5, 0.6) is 0 Å². The summed E-state index contributed by atoms with van der Waals surface area (Å²) in [5.41, 5.74) is -0.646. The van der Waals surface area contributed by atoms with Gasteiger partial charge in [0.2, 0.25) is 0 Å². The number of carboxylic acids is 1. The van der Waals surface area contributed by atoms with Crippen LogP contribution in [-0.2, 0) is 23.8 Å². The Morgan fingerprint density at radius 3 is 1.54 bits per heavy atom. The molecule has 6 heteroatoms. The van der Waals surface area contributed by atoms with Crippen molar-refractivity contribution in [2.24, 2.45) is 5.41 Å². The molecule has 0 saturated carbocycles. The van der Waals surface area contributed by atoms with E-state index < -0.39 is 11.4 Å². The van der Waals surface area contributed by atoms with Gasteiger partial charge < -0.3 is 19.3 Å². The van der Waals surface area contributed by atoms with Crippen molar-refractivity contribution in [3.63, 3.8) is 0 Å². The lowest BCUT2D eigenvalue weighted by molar-refractivity contribution is -0.147. The van der Waals surface area contributed by atoms with E-state index >= 15 is 0 Å². The number of unbranched alkanes of at least 4 members (excludes halogenated alkanes) is 16. The maximum atomic E-state index is 11.6. The predicted octanol–water partition coefficient (Wildman–Crippen LogP) is 8.50. The van der Waals surface area contributed by atoms with Crippen LogP contribution in [0.1, 0.15) is 149 Å². The third-order valence-corrected chi connectivity index (χ3v) is 7.17. The van der Waals surface area contributed by atoms with Crippen molar-refractivity contribution < 1.29 is 28.9 Å². The van der Waals surface area contributed by atoms with Gasteiger partial charge in [0.05, 0.1) is 19.6 Å². The zero-order chi connectivity index (χ0) is 27.3. The Morgan fingerprint density at radius 2 is 1.05 bits per heavy atom. The number of hydrogen-bond acceptors (Lipinski definition) is 5. The van der Waals surface area contributed by atoms with Crippen molar-refractivity contribution in [1.29, 1.82) is 0 Å². The molecule has 0 spiro atoms. The smallest absolute Gasteiger partial charge is 0.304 e. The summed E-state index contributed by atoms with van der Waals surface area (Å²) in [7, 11) is 0. The summed E-state index contributed by atoms with van der Waals surface area (Å²) in [6.07, 6.45) is 23.6. The van der Waals surface area contributed by atoms with E-state index in [2.05, 4.69) is 13.8 Å². The molecule has 0 rings (SSSR count). The number of hydrogen-bond donors (Lipinski definition) is 1. The van der Waals surface area contributed by atoms with Crippen molar-refractivity contribution >= 4 is 12.4 Å². The van der Waals surface area contributed by atoms with Gasteiger partial charge in [0.25, 0.3) is 6.47 Å². The van der Waals surface area contributed by atoms with Gasteiger partial charge in [-0.3, -0.25) is 9.59 Å². The first-order valence-corrected chi connectivity index (χ1v) is 15.5. The molecular weight excluding hydrogens is 468 g/mol. The quantitative estimate of drug-likeness (QED) is 0.0717. The van der Waals surface area contributed by atoms with Gasteiger partial charge in [-0.2, -0.15) is 0 Å². The molecule has 1 atom stereocenters. The zero-order valence-corrected chi connectivity index (χ0v) is 24.5. The van der Waals surface area contributed by atoms with E-state index in [0.717, 1.165) is 64.6 Å². The van der Waals surface area contributed by atoms with Crippen molar-refractivity contribution in [2.75, 3.05) is 33.0 Å². The third kappa shape index (κ3) is 24.9. The Balaban J connectivity index is 4.11. The van der Waals surface area contributed by atoms with E-state index in [1.54, 1.807) is 0 Å². The highest BCUT2D eigenvalue weighted by molar-refractivity contribution is 5.67. The van der Waals surface area contributed by atoms with Crippen LogP contribution in [0, 0.1) is 5.41 Å². The van der Waals surface area contributed by atoms with Crippen molar-refractivity contribution in [3.8, 4) is 0 Å². The normalized spacial score (nSPS) is 12.9. The Kier molecular flexibility index (Phi) is 27.0. The van der Waals surface area contributed by atoms with Crippen LogP contribution in [0.15, 0.2) is 0 Å². The second-order valence-corrected chi connectivity index (χ2v) is 10.9. The first-order valence-electron chi connectivity index (χ1n) is 15.5. The molecule has 0 unspecified atom stereocenters. The van der Waals surface area contributed by atoms with Gasteiger partial charge in [0, 0.05) is 25.2 Å². The predicted molar refractivity (Wildman–Crippen MR) is 152 cm³/mol. The van der Waals surface area contributed by atoms with Crippen LogP contribution in [0.4, 0.5) is 0 Å². The molecule has 1 N–H and O–H groups in total. The average molecular weight is 529 g/mol. The summed E-state index contributed by atoms with van der Waals surface area (Å²) in [6, 6.07) is 0. The SMILES string of the molecule is CCCCCCCCCCCCOC[C@@](CCCCCCCOCCCCCC)(COC=O)CC(=O)O. The number of ether oxygens (including phenoxy) is 3. The molecule has 0 aliphatic rings. The minimum atomic E-state index is -0.867. The minimum Gasteiger partial charge on any atom is -0.481 e. The average Bonchev–Trinajstić information content (AvgIpc) is 2.88. The lowest BCUT2D eigenvalue weighted by Crippen LogP contribution is -2.35. The Morgan fingerprint density at radius 1 is 0.622 bits per heavy atom. The second-order valence-electron chi connectivity index (χ2n) is 10.9. The maximum Gasteiger partial charge on any atom is 0.304 e. The molecule has 37 heavy (non-hydrogen) atoms. The van der Waals surface area contributed by atoms with Crippen molar-refractivity contribution in [1.82, 2.24) is 0 Å². The summed E-state index contributed by atoms with van der Waals surface area (Å²) in [5.74, 6) is -0.867. The second kappa shape index (κ2) is 27.9. The molecule has 0 bridgehead atoms. The van der Waals surface area contributed by atoms with Crippen LogP contribution in [0.2, 0.25) is 0 Å². The molecular formula is C31H60O6. The van der Waals surface area contributed by atoms with Crippen LogP contribution in [0.25, 0.3) is 0 Å². The molecule has 0 fully saturated rings. The van der Waals surface area contributed by atoms with E-state index in [0.29, 0.717) is 26.1 Å². The standard InChI is InChI=1S/C31H60O6/c1-3-5-7-9-10-11-12-13-16-21-25-36-27-31(26-30(33)34,28-37-29-32)22-18-15-14-17-20-24-35-23-19-8-6-4-2/h29H,3-28H2,1-2H3,(H,33,34)/t31-/m0/s1. The number of carbonyl (C=O) groups excluding carboxylic acids is 1. The molecule has 0 amide bonds. The molecule has 0 aliphatic heterocycles. The Hall–Kier alpha value is -1.14. The number of aliphatic carboxylic acids is 1. The fourth-order valence-electron chi connectivity index (χ4n) is 4.86. The van der Waals surface area contributed by atoms with Gasteiger partial charge in [-0.15, -0.1) is 0 Å². The Bertz CT molecular complexity index is 468. The van der Waals surface area contributed by atoms with E-state index in [9.17, 15) is 14.7 Å². The maximum absolute atomic E-state index is 11.6. The molecule has 0 saturated heterocycles. The van der Waals surface area contributed by atoms with Crippen molar-refractivity contribution in [2.45, 2.75) is 149 Å². The summed E-state index contributed by atoms with van der Waals surface area (Å²) in [4.78, 5) is 22.5. The summed E-state index contributed by atoms with van der Waals surface area (Å²) in [5, 5.41) is 9.52. The van der Waals surface area contributed by atoms with Gasteiger partial charge in [-0.05, 0) is 25.7 Å². The van der Waals surface area contributed by atoms with Gasteiger partial charge in [0.1, 0.15) is 0 Å². The van der Waals surface area contributed by atoms with Crippen LogP contribution < -0.4 is 0 Å². The topological polar surface area (TPSA) is 82.1 Å².